The predicted octanol–water partition coefficient (Wildman–Crippen LogP) is 4.39. The second-order valence-corrected chi connectivity index (χ2v) is 9.14. The zero-order valence-corrected chi connectivity index (χ0v) is 20.7. The van der Waals surface area contributed by atoms with Gasteiger partial charge in [-0.05, 0) is 29.8 Å². The molecule has 3 aromatic carbocycles. The predicted molar refractivity (Wildman–Crippen MR) is 143 cm³/mol. The van der Waals surface area contributed by atoms with Gasteiger partial charge < -0.3 is 20.1 Å². The second-order valence-electron chi connectivity index (χ2n) is 9.14. The topological polar surface area (TPSA) is 85.5 Å². The van der Waals surface area contributed by atoms with E-state index in [1.54, 1.807) is 17.0 Å². The summed E-state index contributed by atoms with van der Waals surface area (Å²) in [5.74, 6) is -1.47. The number of fused-ring (bicyclic) bond motifs is 1. The lowest BCUT2D eigenvalue weighted by Crippen LogP contribution is -2.48. The van der Waals surface area contributed by atoms with Crippen LogP contribution in [0.4, 0.5) is 4.39 Å². The van der Waals surface area contributed by atoms with E-state index in [1.807, 2.05) is 53.4 Å². The fourth-order valence-electron chi connectivity index (χ4n) is 4.69. The van der Waals surface area contributed by atoms with Crippen molar-refractivity contribution in [2.24, 2.45) is 0 Å². The number of benzene rings is 3. The minimum atomic E-state index is -0.602. The van der Waals surface area contributed by atoms with E-state index in [1.165, 1.54) is 18.3 Å². The number of carbonyl (C=O) groups is 3. The summed E-state index contributed by atoms with van der Waals surface area (Å²) in [5.41, 5.74) is 2.39. The number of hydrogen-bond donors (Lipinski definition) is 2. The molecule has 0 aliphatic carbocycles. The third-order valence-electron chi connectivity index (χ3n) is 6.80. The van der Waals surface area contributed by atoms with Crippen molar-refractivity contribution in [3.63, 3.8) is 0 Å². The molecule has 0 spiro atoms. The van der Waals surface area contributed by atoms with Crippen molar-refractivity contribution in [1.29, 1.82) is 0 Å². The molecule has 0 bridgehead atoms. The molecular formula is C30H27FN4O3. The molecule has 4 aromatic rings. The number of amides is 2. The van der Waals surface area contributed by atoms with Gasteiger partial charge in [0.15, 0.2) is 0 Å². The average molecular weight is 511 g/mol. The van der Waals surface area contributed by atoms with E-state index in [2.05, 4.69) is 16.9 Å². The third kappa shape index (κ3) is 4.93. The fourth-order valence-corrected chi connectivity index (χ4v) is 4.69. The number of aromatic nitrogens is 1. The third-order valence-corrected chi connectivity index (χ3v) is 6.80. The molecule has 0 saturated carbocycles. The lowest BCUT2D eigenvalue weighted by molar-refractivity contribution is 0.0662. The van der Waals surface area contributed by atoms with E-state index in [4.69, 9.17) is 0 Å². The number of hydrogen-bond acceptors (Lipinski definition) is 4. The molecule has 7 nitrogen and oxygen atoms in total. The Balaban J connectivity index is 1.29. The van der Waals surface area contributed by atoms with Gasteiger partial charge >= 0.3 is 0 Å². The molecule has 5 rings (SSSR count). The van der Waals surface area contributed by atoms with Gasteiger partial charge in [0.05, 0.1) is 22.3 Å². The van der Waals surface area contributed by atoms with Crippen molar-refractivity contribution in [2.45, 2.75) is 6.54 Å². The van der Waals surface area contributed by atoms with Crippen LogP contribution in [0.15, 0.2) is 91.3 Å². The largest absolute Gasteiger partial charge is 0.365 e. The summed E-state index contributed by atoms with van der Waals surface area (Å²) >= 11 is 0. The highest BCUT2D eigenvalue weighted by Gasteiger charge is 2.28. The molecule has 8 heteroatoms. The van der Waals surface area contributed by atoms with Gasteiger partial charge in [-0.15, -0.1) is 0 Å². The van der Waals surface area contributed by atoms with Crippen molar-refractivity contribution in [1.82, 2.24) is 20.1 Å². The Morgan fingerprint density at radius 2 is 1.47 bits per heavy atom. The van der Waals surface area contributed by atoms with Crippen LogP contribution in [-0.4, -0.2) is 58.6 Å². The maximum Gasteiger partial charge on any atom is 0.253 e. The Morgan fingerprint density at radius 1 is 0.842 bits per heavy atom. The molecule has 38 heavy (non-hydrogen) atoms. The smallest absolute Gasteiger partial charge is 0.253 e. The first-order valence-corrected chi connectivity index (χ1v) is 12.4. The van der Waals surface area contributed by atoms with Crippen LogP contribution in [0.1, 0.15) is 36.6 Å². The summed E-state index contributed by atoms with van der Waals surface area (Å²) in [5, 5.41) is 2.90. The Kier molecular flexibility index (Phi) is 7.04. The highest BCUT2D eigenvalue weighted by Crippen LogP contribution is 2.28. The molecule has 1 aliphatic heterocycles. The number of nitrogens with one attached hydrogen (secondary N) is 2. The summed E-state index contributed by atoms with van der Waals surface area (Å²) in [6.45, 7) is 6.04. The van der Waals surface area contributed by atoms with E-state index in [0.717, 1.165) is 5.56 Å². The number of H-pyrrole nitrogens is 1. The molecule has 192 valence electrons. The van der Waals surface area contributed by atoms with Gasteiger partial charge in [-0.2, -0.15) is 0 Å². The van der Waals surface area contributed by atoms with Gasteiger partial charge in [0.25, 0.3) is 11.8 Å². The standard InChI is InChI=1S/C30H27FN4O3/c1-20(34-14-16-35(17-15-34)30(38)22-10-6-3-7-11-22)28(36)24-19-32-27-23(12-13-25(31)26(24)27)29(37)33-18-21-8-4-2-5-9-21/h2-13,19,32H,1,14-18H2,(H,33,37). The number of Topliss-reactive ketones (excluding diaryl/α,β-unsaturated/α-hetero) is 1. The monoisotopic (exact) mass is 510 g/mol. The minimum absolute atomic E-state index is 0.0565. The first kappa shape index (κ1) is 25.0. The summed E-state index contributed by atoms with van der Waals surface area (Å²) in [6.07, 6.45) is 1.42. The van der Waals surface area contributed by atoms with Gasteiger partial charge in [0.1, 0.15) is 5.82 Å². The van der Waals surface area contributed by atoms with Crippen LogP contribution < -0.4 is 5.32 Å². The van der Waals surface area contributed by atoms with Crippen LogP contribution in [0.3, 0.4) is 0 Å². The van der Waals surface area contributed by atoms with E-state index in [-0.39, 0.29) is 39.5 Å². The van der Waals surface area contributed by atoms with Crippen LogP contribution in [-0.2, 0) is 6.54 Å². The molecular weight excluding hydrogens is 483 g/mol. The van der Waals surface area contributed by atoms with Crippen molar-refractivity contribution >= 4 is 28.5 Å². The highest BCUT2D eigenvalue weighted by molar-refractivity contribution is 6.18. The number of allylic oxidation sites excluding steroid dienone is 1. The van der Waals surface area contributed by atoms with Gasteiger partial charge in [-0.1, -0.05) is 55.1 Å². The number of piperazine rings is 1. The Hall–Kier alpha value is -4.72. The van der Waals surface area contributed by atoms with Gasteiger partial charge in [0, 0.05) is 49.9 Å². The van der Waals surface area contributed by atoms with Crippen LogP contribution >= 0.6 is 0 Å². The zero-order valence-electron chi connectivity index (χ0n) is 20.7. The Bertz CT molecular complexity index is 1510. The highest BCUT2D eigenvalue weighted by atomic mass is 19.1. The molecule has 1 aliphatic rings. The number of ketones is 1. The Labute approximate surface area is 219 Å². The molecule has 0 unspecified atom stereocenters. The number of rotatable bonds is 7. The zero-order chi connectivity index (χ0) is 26.6. The molecule has 1 saturated heterocycles. The van der Waals surface area contributed by atoms with Crippen molar-refractivity contribution in [2.75, 3.05) is 26.2 Å². The minimum Gasteiger partial charge on any atom is -0.365 e. The summed E-state index contributed by atoms with van der Waals surface area (Å²) in [7, 11) is 0. The number of carbonyl (C=O) groups excluding carboxylic acids is 3. The normalized spacial score (nSPS) is 13.4. The number of aromatic amines is 1. The van der Waals surface area contributed by atoms with E-state index in [0.29, 0.717) is 38.3 Å². The number of nitrogens with zero attached hydrogens (tertiary/aromatic N) is 2. The van der Waals surface area contributed by atoms with Crippen LogP contribution in [0.5, 0.6) is 0 Å². The second kappa shape index (κ2) is 10.7. The maximum atomic E-state index is 15.0. The van der Waals surface area contributed by atoms with Crippen molar-refractivity contribution in [3.05, 3.63) is 119 Å². The van der Waals surface area contributed by atoms with E-state index >= 15 is 0 Å². The van der Waals surface area contributed by atoms with Crippen molar-refractivity contribution < 1.29 is 18.8 Å². The SMILES string of the molecule is C=C(C(=O)c1c[nH]c2c(C(=O)NCc3ccccc3)ccc(F)c12)N1CCN(C(=O)c2ccccc2)CC1. The van der Waals surface area contributed by atoms with E-state index in [9.17, 15) is 18.8 Å². The Morgan fingerprint density at radius 3 is 2.16 bits per heavy atom. The fraction of sp³-hybridized carbons (Fsp3) is 0.167. The molecule has 1 fully saturated rings. The average Bonchev–Trinajstić information content (AvgIpc) is 3.42. The van der Waals surface area contributed by atoms with Gasteiger partial charge in [-0.25, -0.2) is 4.39 Å². The summed E-state index contributed by atoms with van der Waals surface area (Å²) < 4.78 is 15.0. The van der Waals surface area contributed by atoms with Gasteiger partial charge in [-0.3, -0.25) is 14.4 Å². The lowest BCUT2D eigenvalue weighted by atomic mass is 10.0. The molecule has 0 atom stereocenters. The summed E-state index contributed by atoms with van der Waals surface area (Å²) in [6, 6.07) is 21.1. The van der Waals surface area contributed by atoms with Crippen LogP contribution in [0.25, 0.3) is 10.9 Å². The first-order chi connectivity index (χ1) is 18.4. The van der Waals surface area contributed by atoms with Gasteiger partial charge in [0.2, 0.25) is 5.78 Å². The summed E-state index contributed by atoms with van der Waals surface area (Å²) in [4.78, 5) is 45.5. The van der Waals surface area contributed by atoms with Crippen molar-refractivity contribution in [3.8, 4) is 0 Å². The van der Waals surface area contributed by atoms with Crippen LogP contribution in [0.2, 0.25) is 0 Å². The maximum absolute atomic E-state index is 15.0. The molecule has 2 heterocycles. The molecule has 0 radical (unpaired) electrons. The lowest BCUT2D eigenvalue weighted by Gasteiger charge is -2.36. The molecule has 2 N–H and O–H groups in total. The van der Waals surface area contributed by atoms with Crippen LogP contribution in [0, 0.1) is 5.82 Å². The number of halogens is 1. The molecule has 1 aromatic heterocycles. The first-order valence-electron chi connectivity index (χ1n) is 12.4. The molecule has 2 amide bonds. The quantitative estimate of drug-likeness (QED) is 0.285. The van der Waals surface area contributed by atoms with E-state index < -0.39 is 11.6 Å².